The highest BCUT2D eigenvalue weighted by atomic mass is 32.2. The predicted molar refractivity (Wildman–Crippen MR) is 106 cm³/mol. The Labute approximate surface area is 171 Å². The molecule has 0 radical (unpaired) electrons. The fourth-order valence-electron chi connectivity index (χ4n) is 2.99. The van der Waals surface area contributed by atoms with Crippen molar-refractivity contribution in [2.45, 2.75) is 11.0 Å². The molecule has 0 N–H and O–H groups in total. The Balaban J connectivity index is 1.42. The number of rotatable bonds is 4. The first kappa shape index (κ1) is 18.9. The summed E-state index contributed by atoms with van der Waals surface area (Å²) in [5.74, 6) is -0.301. The molecule has 1 unspecified atom stereocenters. The van der Waals surface area contributed by atoms with Crippen molar-refractivity contribution in [3.8, 4) is 17.6 Å². The monoisotopic (exact) mass is 408 g/mol. The molecule has 0 aromatic heterocycles. The fraction of sp³-hybridized carbons (Fsp3) is 0.190. The largest absolute Gasteiger partial charge is 0.485 e. The van der Waals surface area contributed by atoms with Gasteiger partial charge in [-0.15, -0.1) is 0 Å². The molecule has 0 saturated carbocycles. The number of esters is 1. The standard InChI is InChI=1S/C21H16N2O5S/c1-23-14-6-2-5-9-19(14)29-20(23)13(10-22)15(24)11-27-21(25)18-12-26-16-7-3-4-8-17(16)28-18/h2-9,18H,11-12H2,1H3/b20-13-. The van der Waals surface area contributed by atoms with E-state index in [1.54, 1.807) is 36.2 Å². The van der Waals surface area contributed by atoms with E-state index in [4.69, 9.17) is 14.2 Å². The van der Waals surface area contributed by atoms with Crippen LogP contribution in [0.15, 0.2) is 64.0 Å². The number of benzene rings is 2. The van der Waals surface area contributed by atoms with Gasteiger partial charge in [0.25, 0.3) is 0 Å². The summed E-state index contributed by atoms with van der Waals surface area (Å²) in [6.07, 6.45) is -0.969. The van der Waals surface area contributed by atoms with Crippen LogP contribution in [0.5, 0.6) is 11.5 Å². The molecule has 0 aliphatic carbocycles. The van der Waals surface area contributed by atoms with Crippen molar-refractivity contribution in [2.24, 2.45) is 0 Å². The summed E-state index contributed by atoms with van der Waals surface area (Å²) >= 11 is 1.34. The normalized spacial score (nSPS) is 18.5. The number of thioether (sulfide) groups is 1. The van der Waals surface area contributed by atoms with Crippen LogP contribution >= 0.6 is 11.8 Å². The van der Waals surface area contributed by atoms with Crippen molar-refractivity contribution < 1.29 is 23.8 Å². The number of fused-ring (bicyclic) bond motifs is 2. The lowest BCUT2D eigenvalue weighted by Crippen LogP contribution is -2.38. The molecule has 0 amide bonds. The number of nitriles is 1. The first-order valence-corrected chi connectivity index (χ1v) is 9.63. The van der Waals surface area contributed by atoms with Crippen LogP contribution in [0.4, 0.5) is 5.69 Å². The zero-order chi connectivity index (χ0) is 20.4. The van der Waals surface area contributed by atoms with E-state index in [-0.39, 0.29) is 12.2 Å². The summed E-state index contributed by atoms with van der Waals surface area (Å²) in [5.41, 5.74) is 0.865. The second-order valence-electron chi connectivity index (χ2n) is 6.32. The summed E-state index contributed by atoms with van der Waals surface area (Å²) in [4.78, 5) is 27.6. The van der Waals surface area contributed by atoms with E-state index in [0.717, 1.165) is 10.6 Å². The van der Waals surface area contributed by atoms with Crippen LogP contribution in [0.25, 0.3) is 0 Å². The number of carbonyl (C=O) groups is 2. The Morgan fingerprint density at radius 2 is 1.93 bits per heavy atom. The zero-order valence-corrected chi connectivity index (χ0v) is 16.3. The van der Waals surface area contributed by atoms with Crippen molar-refractivity contribution >= 4 is 29.2 Å². The van der Waals surface area contributed by atoms with Gasteiger partial charge in [0.15, 0.2) is 18.1 Å². The van der Waals surface area contributed by atoms with Crippen molar-refractivity contribution in [1.29, 1.82) is 5.26 Å². The maximum atomic E-state index is 12.6. The van der Waals surface area contributed by atoms with Gasteiger partial charge >= 0.3 is 5.97 Å². The number of ether oxygens (including phenoxy) is 3. The average molecular weight is 408 g/mol. The van der Waals surface area contributed by atoms with Crippen molar-refractivity contribution in [3.05, 3.63) is 59.1 Å². The molecule has 2 aliphatic heterocycles. The lowest BCUT2D eigenvalue weighted by molar-refractivity contribution is -0.156. The first-order chi connectivity index (χ1) is 14.1. The molecular formula is C21H16N2O5S. The van der Waals surface area contributed by atoms with Gasteiger partial charge in [-0.05, 0) is 24.3 Å². The lowest BCUT2D eigenvalue weighted by Gasteiger charge is -2.24. The van der Waals surface area contributed by atoms with E-state index in [1.165, 1.54) is 11.8 Å². The van der Waals surface area contributed by atoms with Crippen LogP contribution in [0.2, 0.25) is 0 Å². The van der Waals surface area contributed by atoms with Crippen LogP contribution in [0, 0.1) is 11.3 Å². The topological polar surface area (TPSA) is 88.9 Å². The number of hydrogen-bond donors (Lipinski definition) is 0. The summed E-state index contributed by atoms with van der Waals surface area (Å²) in [7, 11) is 1.79. The molecule has 8 heteroatoms. The number of hydrogen-bond acceptors (Lipinski definition) is 8. The summed E-state index contributed by atoms with van der Waals surface area (Å²) < 4.78 is 16.2. The first-order valence-electron chi connectivity index (χ1n) is 8.82. The number of nitrogens with zero attached hydrogens (tertiary/aromatic N) is 2. The maximum absolute atomic E-state index is 12.6. The second kappa shape index (κ2) is 7.89. The van der Waals surface area contributed by atoms with Gasteiger partial charge in [-0.2, -0.15) is 5.26 Å². The number of Topliss-reactive ketones (excluding diaryl/α,β-unsaturated/α-hetero) is 1. The molecular weight excluding hydrogens is 392 g/mol. The molecule has 0 spiro atoms. The van der Waals surface area contributed by atoms with Gasteiger partial charge in [-0.3, -0.25) is 4.79 Å². The van der Waals surface area contributed by atoms with Crippen LogP contribution < -0.4 is 14.4 Å². The van der Waals surface area contributed by atoms with E-state index in [0.29, 0.717) is 16.5 Å². The smallest absolute Gasteiger partial charge is 0.351 e. The van der Waals surface area contributed by atoms with Gasteiger partial charge in [0.1, 0.15) is 23.3 Å². The van der Waals surface area contributed by atoms with Crippen LogP contribution in [-0.2, 0) is 14.3 Å². The molecule has 0 fully saturated rings. The molecule has 1 atom stereocenters. The molecule has 2 aliphatic rings. The van der Waals surface area contributed by atoms with Crippen LogP contribution in [0.3, 0.4) is 0 Å². The Hall–Kier alpha value is -3.44. The molecule has 7 nitrogen and oxygen atoms in total. The minimum Gasteiger partial charge on any atom is -0.485 e. The Morgan fingerprint density at radius 1 is 1.21 bits per heavy atom. The Bertz CT molecular complexity index is 1060. The summed E-state index contributed by atoms with van der Waals surface area (Å²) in [6.45, 7) is -0.554. The molecule has 4 rings (SSSR count). The lowest BCUT2D eigenvalue weighted by atomic mass is 10.2. The molecule has 29 heavy (non-hydrogen) atoms. The third kappa shape index (κ3) is 3.65. The highest BCUT2D eigenvalue weighted by molar-refractivity contribution is 8.03. The highest BCUT2D eigenvalue weighted by Crippen LogP contribution is 2.46. The molecule has 0 saturated heterocycles. The van der Waals surface area contributed by atoms with Crippen molar-refractivity contribution in [2.75, 3.05) is 25.2 Å². The van der Waals surface area contributed by atoms with Crippen LogP contribution in [-0.4, -0.2) is 38.1 Å². The molecule has 2 aromatic rings. The third-order valence-electron chi connectivity index (χ3n) is 4.46. The quantitative estimate of drug-likeness (QED) is 0.433. The highest BCUT2D eigenvalue weighted by Gasteiger charge is 2.31. The Kier molecular flexibility index (Phi) is 5.14. The maximum Gasteiger partial charge on any atom is 0.351 e. The van der Waals surface area contributed by atoms with Crippen molar-refractivity contribution in [3.63, 3.8) is 0 Å². The van der Waals surface area contributed by atoms with E-state index < -0.39 is 24.5 Å². The minimum atomic E-state index is -0.969. The van der Waals surface area contributed by atoms with E-state index in [1.807, 2.05) is 30.3 Å². The second-order valence-corrected chi connectivity index (χ2v) is 7.35. The van der Waals surface area contributed by atoms with Gasteiger partial charge in [0, 0.05) is 11.9 Å². The summed E-state index contributed by atoms with van der Waals surface area (Å²) in [6, 6.07) is 16.5. The van der Waals surface area contributed by atoms with Gasteiger partial charge in [0.2, 0.25) is 11.9 Å². The van der Waals surface area contributed by atoms with Gasteiger partial charge < -0.3 is 19.1 Å². The average Bonchev–Trinajstić information content (AvgIpc) is 3.08. The Morgan fingerprint density at radius 3 is 2.69 bits per heavy atom. The van der Waals surface area contributed by atoms with Gasteiger partial charge in [0.05, 0.1) is 5.69 Å². The van der Waals surface area contributed by atoms with E-state index >= 15 is 0 Å². The number of anilines is 1. The molecule has 2 aromatic carbocycles. The van der Waals surface area contributed by atoms with Crippen molar-refractivity contribution in [1.82, 2.24) is 0 Å². The fourth-order valence-corrected chi connectivity index (χ4v) is 4.15. The predicted octanol–water partition coefficient (Wildman–Crippen LogP) is 2.92. The van der Waals surface area contributed by atoms with E-state index in [9.17, 15) is 14.9 Å². The SMILES string of the molecule is CN1/C(=C(\C#N)C(=O)COC(=O)C2COc3ccccc3O2)Sc2ccccc21. The molecule has 2 heterocycles. The van der Waals surface area contributed by atoms with Crippen LogP contribution in [0.1, 0.15) is 0 Å². The third-order valence-corrected chi connectivity index (χ3v) is 5.70. The summed E-state index contributed by atoms with van der Waals surface area (Å²) in [5, 5.41) is 10.0. The zero-order valence-electron chi connectivity index (χ0n) is 15.5. The number of carbonyl (C=O) groups excluding carboxylic acids is 2. The van der Waals surface area contributed by atoms with Gasteiger partial charge in [-0.1, -0.05) is 36.0 Å². The molecule has 146 valence electrons. The molecule has 0 bridgehead atoms. The number of ketones is 1. The van der Waals surface area contributed by atoms with Gasteiger partial charge in [-0.25, -0.2) is 4.79 Å². The number of para-hydroxylation sites is 3. The van der Waals surface area contributed by atoms with E-state index in [2.05, 4.69) is 0 Å². The minimum absolute atomic E-state index is 0.00979.